The van der Waals surface area contributed by atoms with Crippen molar-refractivity contribution in [1.29, 1.82) is 0 Å². The van der Waals surface area contributed by atoms with Gasteiger partial charge in [0.25, 0.3) is 0 Å². The van der Waals surface area contributed by atoms with E-state index in [2.05, 4.69) is 41.2 Å². The average Bonchev–Trinajstić information content (AvgIpc) is 2.61. The van der Waals surface area contributed by atoms with Gasteiger partial charge in [-0.2, -0.15) is 0 Å². The second-order valence-corrected chi connectivity index (χ2v) is 7.39. The smallest absolute Gasteiger partial charge is 0.231 e. The Morgan fingerprint density at radius 2 is 2.04 bits per heavy atom. The first-order valence-corrected chi connectivity index (χ1v) is 9.88. The zero-order chi connectivity index (χ0) is 18.9. The highest BCUT2D eigenvalue weighted by Gasteiger charge is 2.24. The summed E-state index contributed by atoms with van der Waals surface area (Å²) in [7, 11) is 0. The zero-order valence-corrected chi connectivity index (χ0v) is 19.3. The van der Waals surface area contributed by atoms with E-state index in [0.717, 1.165) is 64.7 Å². The zero-order valence-electron chi connectivity index (χ0n) is 16.9. The lowest BCUT2D eigenvalue weighted by molar-refractivity contribution is -0.119. The van der Waals surface area contributed by atoms with Gasteiger partial charge in [-0.05, 0) is 33.6 Å². The van der Waals surface area contributed by atoms with Crippen molar-refractivity contribution in [2.75, 3.05) is 52.5 Å². The number of nitrogens with one attached hydrogen (secondary N) is 2. The third kappa shape index (κ3) is 8.49. The summed E-state index contributed by atoms with van der Waals surface area (Å²) in [4.78, 5) is 20.4. The number of rotatable bonds is 7. The van der Waals surface area contributed by atoms with Crippen LogP contribution in [0.1, 0.15) is 33.6 Å². The highest BCUT2D eigenvalue weighted by Crippen LogP contribution is 2.12. The number of hydrogen-bond acceptors (Lipinski definition) is 5. The molecule has 2 aliphatic heterocycles. The van der Waals surface area contributed by atoms with Crippen molar-refractivity contribution in [3.05, 3.63) is 0 Å². The van der Waals surface area contributed by atoms with Crippen molar-refractivity contribution in [2.45, 2.75) is 51.7 Å². The Kier molecular flexibility index (Phi) is 11.5. The summed E-state index contributed by atoms with van der Waals surface area (Å²) < 4.78 is 5.52. The standard InChI is InChI=1S/C18H36N6O2.HI/c1-4-20-18(21-11-14(2)24-9-10-26-13-15(24)3)22-16-5-7-23(8-6-16)12-17(19)25;/h14-16H,4-13H2,1-3H3,(H2,19,25)(H2,20,21,22);1H. The number of piperidine rings is 1. The first-order valence-electron chi connectivity index (χ1n) is 9.88. The largest absolute Gasteiger partial charge is 0.379 e. The fraction of sp³-hybridized carbons (Fsp3) is 0.889. The van der Waals surface area contributed by atoms with E-state index in [1.54, 1.807) is 0 Å². The van der Waals surface area contributed by atoms with Gasteiger partial charge in [-0.15, -0.1) is 24.0 Å². The fourth-order valence-electron chi connectivity index (χ4n) is 3.69. The molecule has 9 heteroatoms. The van der Waals surface area contributed by atoms with Crippen LogP contribution in [0.25, 0.3) is 0 Å². The van der Waals surface area contributed by atoms with Crippen LogP contribution in [0, 0.1) is 0 Å². The van der Waals surface area contributed by atoms with Crippen LogP contribution in [0.15, 0.2) is 4.99 Å². The summed E-state index contributed by atoms with van der Waals surface area (Å²) >= 11 is 0. The lowest BCUT2D eigenvalue weighted by Gasteiger charge is -2.37. The van der Waals surface area contributed by atoms with Gasteiger partial charge in [0.2, 0.25) is 5.91 Å². The number of guanidine groups is 1. The number of nitrogens with two attached hydrogens (primary N) is 1. The first kappa shape index (κ1) is 24.4. The molecule has 0 saturated carbocycles. The number of aliphatic imine (C=N–C) groups is 1. The molecule has 0 radical (unpaired) electrons. The number of carbonyl (C=O) groups is 1. The third-order valence-corrected chi connectivity index (χ3v) is 5.15. The molecule has 2 unspecified atom stereocenters. The van der Waals surface area contributed by atoms with Crippen molar-refractivity contribution in [3.8, 4) is 0 Å². The predicted molar refractivity (Wildman–Crippen MR) is 120 cm³/mol. The van der Waals surface area contributed by atoms with Gasteiger partial charge in [-0.3, -0.25) is 19.6 Å². The molecule has 1 amide bonds. The number of morpholine rings is 1. The van der Waals surface area contributed by atoms with E-state index in [-0.39, 0.29) is 29.9 Å². The summed E-state index contributed by atoms with van der Waals surface area (Å²) in [6.07, 6.45) is 1.99. The number of hydrogen-bond donors (Lipinski definition) is 3. The van der Waals surface area contributed by atoms with Gasteiger partial charge in [0.15, 0.2) is 5.96 Å². The minimum atomic E-state index is -0.252. The quantitative estimate of drug-likeness (QED) is 0.265. The van der Waals surface area contributed by atoms with Crippen molar-refractivity contribution in [1.82, 2.24) is 20.4 Å². The normalized spacial score (nSPS) is 24.1. The topological polar surface area (TPSA) is 95.2 Å². The van der Waals surface area contributed by atoms with Crippen molar-refractivity contribution >= 4 is 35.8 Å². The third-order valence-electron chi connectivity index (χ3n) is 5.15. The Bertz CT molecular complexity index is 471. The maximum absolute atomic E-state index is 11.0. The number of amides is 1. The van der Waals surface area contributed by atoms with E-state index < -0.39 is 0 Å². The second-order valence-electron chi connectivity index (χ2n) is 7.39. The number of ether oxygens (including phenoxy) is 1. The molecule has 2 rings (SSSR count). The molecular weight excluding hydrogens is 459 g/mol. The van der Waals surface area contributed by atoms with E-state index in [4.69, 9.17) is 15.5 Å². The van der Waals surface area contributed by atoms with Crippen LogP contribution in [-0.2, 0) is 9.53 Å². The highest BCUT2D eigenvalue weighted by molar-refractivity contribution is 14.0. The van der Waals surface area contributed by atoms with Gasteiger partial charge >= 0.3 is 0 Å². The summed E-state index contributed by atoms with van der Waals surface area (Å²) in [5, 5.41) is 6.90. The number of primary amides is 1. The van der Waals surface area contributed by atoms with Crippen LogP contribution in [0.2, 0.25) is 0 Å². The Morgan fingerprint density at radius 1 is 1.33 bits per heavy atom. The molecule has 0 aromatic rings. The van der Waals surface area contributed by atoms with Crippen molar-refractivity contribution < 1.29 is 9.53 Å². The van der Waals surface area contributed by atoms with E-state index in [1.165, 1.54) is 0 Å². The van der Waals surface area contributed by atoms with E-state index in [0.29, 0.717) is 24.7 Å². The van der Waals surface area contributed by atoms with Crippen LogP contribution < -0.4 is 16.4 Å². The molecule has 2 atom stereocenters. The summed E-state index contributed by atoms with van der Waals surface area (Å²) in [6.45, 7) is 12.9. The van der Waals surface area contributed by atoms with Gasteiger partial charge in [-0.1, -0.05) is 0 Å². The molecule has 4 N–H and O–H groups in total. The Hall–Kier alpha value is -0.650. The molecule has 8 nitrogen and oxygen atoms in total. The maximum atomic E-state index is 11.0. The SMILES string of the molecule is CCNC(=NCC(C)N1CCOCC1C)NC1CCN(CC(N)=O)CC1.I. The minimum Gasteiger partial charge on any atom is -0.379 e. The highest BCUT2D eigenvalue weighted by atomic mass is 127. The number of halogens is 1. The summed E-state index contributed by atoms with van der Waals surface area (Å²) in [5.41, 5.74) is 5.28. The number of carbonyl (C=O) groups excluding carboxylic acids is 1. The predicted octanol–water partition coefficient (Wildman–Crippen LogP) is 0.218. The summed E-state index contributed by atoms with van der Waals surface area (Å²) in [6, 6.07) is 1.22. The molecule has 2 aliphatic rings. The van der Waals surface area contributed by atoms with Crippen molar-refractivity contribution in [3.63, 3.8) is 0 Å². The molecule has 0 aliphatic carbocycles. The molecule has 0 spiro atoms. The van der Waals surface area contributed by atoms with Crippen LogP contribution in [0.3, 0.4) is 0 Å². The van der Waals surface area contributed by atoms with Crippen LogP contribution in [0.4, 0.5) is 0 Å². The van der Waals surface area contributed by atoms with Crippen molar-refractivity contribution in [2.24, 2.45) is 10.7 Å². The molecule has 0 aromatic carbocycles. The van der Waals surface area contributed by atoms with Crippen LogP contribution in [0.5, 0.6) is 0 Å². The van der Waals surface area contributed by atoms with Gasteiger partial charge < -0.3 is 21.1 Å². The number of nitrogens with zero attached hydrogens (tertiary/aromatic N) is 3. The molecule has 0 bridgehead atoms. The van der Waals surface area contributed by atoms with E-state index in [9.17, 15) is 4.79 Å². The van der Waals surface area contributed by atoms with Gasteiger partial charge in [-0.25, -0.2) is 0 Å². The van der Waals surface area contributed by atoms with Crippen LogP contribution in [-0.4, -0.2) is 92.3 Å². The molecule has 158 valence electrons. The molecule has 0 aromatic heterocycles. The fourth-order valence-corrected chi connectivity index (χ4v) is 3.69. The maximum Gasteiger partial charge on any atom is 0.231 e. The van der Waals surface area contributed by atoms with E-state index >= 15 is 0 Å². The van der Waals surface area contributed by atoms with Gasteiger partial charge in [0.1, 0.15) is 0 Å². The number of likely N-dealkylation sites (tertiary alicyclic amines) is 1. The Labute approximate surface area is 180 Å². The minimum absolute atomic E-state index is 0. The molecule has 27 heavy (non-hydrogen) atoms. The lowest BCUT2D eigenvalue weighted by Crippen LogP contribution is -2.51. The van der Waals surface area contributed by atoms with Gasteiger partial charge in [0.05, 0.1) is 26.3 Å². The Morgan fingerprint density at radius 3 is 2.63 bits per heavy atom. The van der Waals surface area contributed by atoms with Gasteiger partial charge in [0, 0.05) is 44.3 Å². The van der Waals surface area contributed by atoms with E-state index in [1.807, 2.05) is 0 Å². The molecule has 2 heterocycles. The lowest BCUT2D eigenvalue weighted by atomic mass is 10.1. The Balaban J connectivity index is 0.00000364. The van der Waals surface area contributed by atoms with Crippen LogP contribution >= 0.6 is 24.0 Å². The summed E-state index contributed by atoms with van der Waals surface area (Å²) in [5.74, 6) is 0.631. The first-order chi connectivity index (χ1) is 12.5. The molecule has 2 saturated heterocycles. The second kappa shape index (κ2) is 12.7. The molecular formula is C18H37IN6O2. The average molecular weight is 496 g/mol. The molecule has 2 fully saturated rings. The monoisotopic (exact) mass is 496 g/mol.